The van der Waals surface area contributed by atoms with Gasteiger partial charge in [0, 0.05) is 20.1 Å². The maximum absolute atomic E-state index is 13.3. The van der Waals surface area contributed by atoms with E-state index in [-0.39, 0.29) is 12.1 Å². The van der Waals surface area contributed by atoms with Crippen LogP contribution in [0.2, 0.25) is 0 Å². The normalized spacial score (nSPS) is 12.2. The fourth-order valence-electron chi connectivity index (χ4n) is 3.13. The van der Waals surface area contributed by atoms with Crippen LogP contribution < -0.4 is 0 Å². The Labute approximate surface area is 203 Å². The van der Waals surface area contributed by atoms with E-state index in [1.54, 1.807) is 43.5 Å². The fraction of sp³-hybridized carbons (Fsp3) is 0.207. The van der Waals surface area contributed by atoms with E-state index in [1.165, 1.54) is 11.0 Å². The van der Waals surface area contributed by atoms with Crippen LogP contribution in [0.15, 0.2) is 109 Å². The van der Waals surface area contributed by atoms with Crippen LogP contribution in [0.5, 0.6) is 0 Å². The lowest BCUT2D eigenvalue weighted by atomic mass is 10.1. The van der Waals surface area contributed by atoms with Gasteiger partial charge in [-0.25, -0.2) is 0 Å². The van der Waals surface area contributed by atoms with Crippen molar-refractivity contribution in [1.82, 2.24) is 9.80 Å². The van der Waals surface area contributed by atoms with E-state index in [9.17, 15) is 14.4 Å². The number of likely N-dealkylation sites (N-methyl/N-ethyl adjacent to an activating group) is 1. The minimum Gasteiger partial charge on any atom is -0.341 e. The van der Waals surface area contributed by atoms with Gasteiger partial charge in [-0.15, -0.1) is 0 Å². The molecule has 5 nitrogen and oxygen atoms in total. The summed E-state index contributed by atoms with van der Waals surface area (Å²) in [5.41, 5.74) is 2.46. The second kappa shape index (κ2) is 15.8. The molecule has 1 rings (SSSR count). The molecule has 0 fully saturated rings. The van der Waals surface area contributed by atoms with Crippen molar-refractivity contribution in [3.8, 4) is 0 Å². The van der Waals surface area contributed by atoms with Gasteiger partial charge in [-0.3, -0.25) is 19.3 Å². The summed E-state index contributed by atoms with van der Waals surface area (Å²) >= 11 is 0. The molecule has 1 aromatic carbocycles. The van der Waals surface area contributed by atoms with Crippen molar-refractivity contribution in [2.24, 2.45) is 0 Å². The average molecular weight is 459 g/mol. The zero-order valence-electron chi connectivity index (χ0n) is 20.2. The number of rotatable bonds is 14. The first-order valence-electron chi connectivity index (χ1n) is 11.1. The standard InChI is InChI=1S/C29H34N2O3/c1-6-13-24(9-4)19-21-31(23-32)29(34)27(22-26-16-11-10-12-17-26)28(33)30(5)20-18-25(14-7-2)15-8-3/h6-17,22-23H,1-2,4,18-21H2,3,5H3/b15-8-,24-13+,25-14+,27-22-. The topological polar surface area (TPSA) is 57.7 Å². The van der Waals surface area contributed by atoms with Crippen molar-refractivity contribution in [3.05, 3.63) is 115 Å². The van der Waals surface area contributed by atoms with Crippen LogP contribution in [-0.4, -0.2) is 48.2 Å². The molecule has 178 valence electrons. The summed E-state index contributed by atoms with van der Waals surface area (Å²) in [6, 6.07) is 9.08. The molecule has 0 unspecified atom stereocenters. The molecule has 0 radical (unpaired) electrons. The van der Waals surface area contributed by atoms with Crippen molar-refractivity contribution in [2.75, 3.05) is 20.1 Å². The van der Waals surface area contributed by atoms with E-state index in [2.05, 4.69) is 19.7 Å². The third-order valence-electron chi connectivity index (χ3n) is 4.99. The maximum Gasteiger partial charge on any atom is 0.265 e. The number of imide groups is 1. The molecule has 0 heterocycles. The van der Waals surface area contributed by atoms with Gasteiger partial charge in [0.1, 0.15) is 5.57 Å². The Hall–Kier alpha value is -3.99. The summed E-state index contributed by atoms with van der Waals surface area (Å²) < 4.78 is 0. The minimum atomic E-state index is -0.645. The lowest BCUT2D eigenvalue weighted by molar-refractivity contribution is -0.137. The van der Waals surface area contributed by atoms with Crippen molar-refractivity contribution in [3.63, 3.8) is 0 Å². The highest BCUT2D eigenvalue weighted by atomic mass is 16.2. The number of carbonyl (C=O) groups excluding carboxylic acids is 3. The fourth-order valence-corrected chi connectivity index (χ4v) is 3.13. The molecule has 1 aromatic rings. The summed E-state index contributed by atoms with van der Waals surface area (Å²) in [6.07, 6.45) is 15.5. The largest absolute Gasteiger partial charge is 0.341 e. The Balaban J connectivity index is 3.20. The van der Waals surface area contributed by atoms with Crippen LogP contribution in [0.3, 0.4) is 0 Å². The molecule has 3 amide bonds. The number of hydrogen-bond donors (Lipinski definition) is 0. The lowest BCUT2D eigenvalue weighted by Crippen LogP contribution is -2.39. The van der Waals surface area contributed by atoms with Gasteiger partial charge in [0.25, 0.3) is 11.8 Å². The zero-order valence-corrected chi connectivity index (χ0v) is 20.2. The smallest absolute Gasteiger partial charge is 0.265 e. The molecule has 0 aliphatic rings. The van der Waals surface area contributed by atoms with Gasteiger partial charge < -0.3 is 4.90 Å². The van der Waals surface area contributed by atoms with Gasteiger partial charge >= 0.3 is 0 Å². The minimum absolute atomic E-state index is 0.0751. The van der Waals surface area contributed by atoms with Crippen LogP contribution in [-0.2, 0) is 14.4 Å². The van der Waals surface area contributed by atoms with E-state index >= 15 is 0 Å². The van der Waals surface area contributed by atoms with Crippen molar-refractivity contribution < 1.29 is 14.4 Å². The molecule has 0 atom stereocenters. The maximum atomic E-state index is 13.3. The number of benzene rings is 1. The van der Waals surface area contributed by atoms with Crippen molar-refractivity contribution in [1.29, 1.82) is 0 Å². The van der Waals surface area contributed by atoms with Crippen LogP contribution >= 0.6 is 0 Å². The van der Waals surface area contributed by atoms with Gasteiger partial charge in [-0.2, -0.15) is 0 Å². The van der Waals surface area contributed by atoms with E-state index in [0.29, 0.717) is 31.4 Å². The summed E-state index contributed by atoms with van der Waals surface area (Å²) in [5, 5.41) is 0. The van der Waals surface area contributed by atoms with Crippen molar-refractivity contribution in [2.45, 2.75) is 19.8 Å². The third kappa shape index (κ3) is 9.25. The average Bonchev–Trinajstić information content (AvgIpc) is 2.85. The van der Waals surface area contributed by atoms with E-state index in [0.717, 1.165) is 16.0 Å². The van der Waals surface area contributed by atoms with Crippen LogP contribution in [0.4, 0.5) is 0 Å². The monoisotopic (exact) mass is 458 g/mol. The summed E-state index contributed by atoms with van der Waals surface area (Å²) in [7, 11) is 1.64. The van der Waals surface area contributed by atoms with Gasteiger partial charge in [-0.1, -0.05) is 92.6 Å². The summed E-state index contributed by atoms with van der Waals surface area (Å²) in [4.78, 5) is 40.9. The Morgan fingerprint density at radius 3 is 2.09 bits per heavy atom. The molecule has 34 heavy (non-hydrogen) atoms. The number of hydrogen-bond acceptors (Lipinski definition) is 3. The van der Waals surface area contributed by atoms with Gasteiger partial charge in [0.2, 0.25) is 6.41 Å². The molecule has 0 aliphatic carbocycles. The number of nitrogens with zero attached hydrogens (tertiary/aromatic N) is 2. The lowest BCUT2D eigenvalue weighted by Gasteiger charge is -2.22. The van der Waals surface area contributed by atoms with Crippen molar-refractivity contribution >= 4 is 24.3 Å². The zero-order chi connectivity index (χ0) is 25.3. The van der Waals surface area contributed by atoms with E-state index < -0.39 is 11.8 Å². The molecule has 0 bridgehead atoms. The van der Waals surface area contributed by atoms with Gasteiger partial charge in [-0.05, 0) is 42.6 Å². The summed E-state index contributed by atoms with van der Waals surface area (Å²) in [5.74, 6) is -1.10. The molecule has 0 spiro atoms. The first-order valence-corrected chi connectivity index (χ1v) is 11.1. The number of carbonyl (C=O) groups is 3. The number of amides is 3. The quantitative estimate of drug-likeness (QED) is 0.125. The highest BCUT2D eigenvalue weighted by Gasteiger charge is 2.26. The van der Waals surface area contributed by atoms with E-state index in [1.807, 2.05) is 43.4 Å². The first-order chi connectivity index (χ1) is 16.4. The number of allylic oxidation sites excluding steroid dienone is 7. The second-order valence-corrected chi connectivity index (χ2v) is 7.46. The Bertz CT molecular complexity index is 997. The van der Waals surface area contributed by atoms with Crippen LogP contribution in [0, 0.1) is 0 Å². The summed E-state index contributed by atoms with van der Waals surface area (Å²) in [6.45, 7) is 13.5. The first kappa shape index (κ1) is 28.0. The molecular formula is C29H34N2O3. The van der Waals surface area contributed by atoms with Gasteiger partial charge in [0.05, 0.1) is 0 Å². The molecular weight excluding hydrogens is 424 g/mol. The SMILES string of the molecule is C=C/C=C(\C=C)CCN(C=O)C(=O)/C(=C\c1ccccc1)C(=O)N(C)CCC(/C=C\C)=C/C=C. The predicted octanol–water partition coefficient (Wildman–Crippen LogP) is 5.28. The van der Waals surface area contributed by atoms with Crippen LogP contribution in [0.25, 0.3) is 6.08 Å². The molecule has 0 aromatic heterocycles. The van der Waals surface area contributed by atoms with E-state index in [4.69, 9.17) is 0 Å². The Morgan fingerprint density at radius 2 is 1.53 bits per heavy atom. The second-order valence-electron chi connectivity index (χ2n) is 7.46. The molecule has 0 N–H and O–H groups in total. The highest BCUT2D eigenvalue weighted by molar-refractivity contribution is 6.23. The predicted molar refractivity (Wildman–Crippen MR) is 141 cm³/mol. The molecule has 0 saturated carbocycles. The van der Waals surface area contributed by atoms with Crippen LogP contribution in [0.1, 0.15) is 25.3 Å². The Morgan fingerprint density at radius 1 is 0.912 bits per heavy atom. The van der Waals surface area contributed by atoms with Gasteiger partial charge in [0.15, 0.2) is 0 Å². The molecule has 5 heteroatoms. The Kier molecular flexibility index (Phi) is 13.0. The highest BCUT2D eigenvalue weighted by Crippen LogP contribution is 2.15. The molecule has 0 aliphatic heterocycles. The third-order valence-corrected chi connectivity index (χ3v) is 4.99. The molecule has 0 saturated heterocycles.